The molecule has 0 aliphatic heterocycles. The van der Waals surface area contributed by atoms with Gasteiger partial charge in [0, 0.05) is 6.21 Å². The summed E-state index contributed by atoms with van der Waals surface area (Å²) in [6, 6.07) is 7.29. The van der Waals surface area contributed by atoms with Crippen molar-refractivity contribution < 1.29 is 14.6 Å². The minimum atomic E-state index is -0.598. The van der Waals surface area contributed by atoms with E-state index >= 15 is 0 Å². The van der Waals surface area contributed by atoms with Crippen LogP contribution in [-0.2, 0) is 4.74 Å². The lowest BCUT2D eigenvalue weighted by atomic mass is 9.95. The third kappa shape index (κ3) is 10.7. The number of benzene rings is 1. The van der Waals surface area contributed by atoms with Gasteiger partial charge in [0.2, 0.25) is 0 Å². The zero-order chi connectivity index (χ0) is 20.1. The summed E-state index contributed by atoms with van der Waals surface area (Å²) in [6.45, 7) is 8.32. The van der Waals surface area contributed by atoms with Crippen LogP contribution in [0.5, 0.6) is 0 Å². The highest BCUT2D eigenvalue weighted by atomic mass is 16.5. The zero-order valence-electron chi connectivity index (χ0n) is 17.3. The molecular weight excluding hydrogens is 338 g/mol. The molecule has 1 unspecified atom stereocenters. The number of allylic oxidation sites excluding steroid dienone is 1. The van der Waals surface area contributed by atoms with E-state index in [0.717, 1.165) is 38.5 Å². The molecule has 150 valence electrons. The molecule has 4 heteroatoms. The molecule has 4 nitrogen and oxygen atoms in total. The predicted octanol–water partition coefficient (Wildman–Crippen LogP) is 5.87. The average Bonchev–Trinajstić information content (AvgIpc) is 2.60. The number of aliphatic imine (C=N–C) groups is 1. The fourth-order valence-corrected chi connectivity index (χ4v) is 2.67. The molecule has 0 bridgehead atoms. The number of esters is 1. The van der Waals surface area contributed by atoms with Gasteiger partial charge in [0.25, 0.3) is 0 Å². The maximum absolute atomic E-state index is 12.3. The second-order valence-electron chi connectivity index (χ2n) is 7.68. The van der Waals surface area contributed by atoms with Crippen molar-refractivity contribution in [2.75, 3.05) is 6.61 Å². The van der Waals surface area contributed by atoms with Crippen LogP contribution in [0.3, 0.4) is 0 Å². The molecule has 0 spiro atoms. The predicted molar refractivity (Wildman–Crippen MR) is 113 cm³/mol. The number of para-hydroxylation sites is 1. The van der Waals surface area contributed by atoms with Gasteiger partial charge in [-0.25, -0.2) is 4.79 Å². The number of nitrogens with zero attached hydrogens (tertiary/aromatic N) is 1. The van der Waals surface area contributed by atoms with Gasteiger partial charge in [-0.3, -0.25) is 4.99 Å². The molecule has 0 saturated heterocycles. The third-order valence-electron chi connectivity index (χ3n) is 4.27. The summed E-state index contributed by atoms with van der Waals surface area (Å²) in [5.41, 5.74) is 0.553. The second kappa shape index (κ2) is 12.4. The highest BCUT2D eigenvalue weighted by Gasteiger charge is 2.13. The number of carbonyl (C=O) groups excluding carboxylic acids is 1. The first kappa shape index (κ1) is 23.1. The molecule has 1 rings (SSSR count). The van der Waals surface area contributed by atoms with E-state index in [9.17, 15) is 9.90 Å². The van der Waals surface area contributed by atoms with Crippen molar-refractivity contribution in [3.63, 3.8) is 0 Å². The molecular formula is C23H35NO3. The van der Waals surface area contributed by atoms with Crippen LogP contribution < -0.4 is 0 Å². The van der Waals surface area contributed by atoms with Crippen LogP contribution in [0.2, 0.25) is 0 Å². The lowest BCUT2D eigenvalue weighted by Crippen LogP contribution is -2.18. The number of hydrogen-bond acceptors (Lipinski definition) is 4. The summed E-state index contributed by atoms with van der Waals surface area (Å²) in [5, 5.41) is 9.77. The van der Waals surface area contributed by atoms with E-state index in [1.165, 1.54) is 0 Å². The van der Waals surface area contributed by atoms with Gasteiger partial charge >= 0.3 is 5.97 Å². The normalized spacial score (nSPS) is 13.4. The Kier molecular flexibility index (Phi) is 10.6. The first-order valence-corrected chi connectivity index (χ1v) is 9.99. The molecule has 0 aliphatic carbocycles. The van der Waals surface area contributed by atoms with Crippen LogP contribution in [0.15, 0.2) is 41.4 Å². The quantitative estimate of drug-likeness (QED) is 0.216. The number of aliphatic hydroxyl groups is 1. The monoisotopic (exact) mass is 373 g/mol. The Morgan fingerprint density at radius 2 is 2.04 bits per heavy atom. The van der Waals surface area contributed by atoms with Gasteiger partial charge in [-0.2, -0.15) is 0 Å². The maximum Gasteiger partial charge on any atom is 0.340 e. The van der Waals surface area contributed by atoms with Gasteiger partial charge in [-0.15, -0.1) is 0 Å². The second-order valence-corrected chi connectivity index (χ2v) is 7.68. The van der Waals surface area contributed by atoms with E-state index in [4.69, 9.17) is 4.74 Å². The molecule has 0 fully saturated rings. The SMILES string of the molecule is CC/C=C\CCOC(=O)c1ccccc1N=CCC(C)CCCC(C)(C)O. The average molecular weight is 374 g/mol. The Hall–Kier alpha value is -1.94. The Labute approximate surface area is 164 Å². The van der Waals surface area contributed by atoms with Crippen molar-refractivity contribution in [2.45, 2.75) is 71.8 Å². The first-order valence-electron chi connectivity index (χ1n) is 9.99. The van der Waals surface area contributed by atoms with E-state index in [-0.39, 0.29) is 5.97 Å². The van der Waals surface area contributed by atoms with E-state index in [0.29, 0.717) is 23.8 Å². The van der Waals surface area contributed by atoms with Crippen molar-refractivity contribution in [3.05, 3.63) is 42.0 Å². The Morgan fingerprint density at radius 1 is 1.30 bits per heavy atom. The van der Waals surface area contributed by atoms with Gasteiger partial charge in [0.1, 0.15) is 0 Å². The van der Waals surface area contributed by atoms with E-state index in [2.05, 4.69) is 24.9 Å². The highest BCUT2D eigenvalue weighted by Crippen LogP contribution is 2.21. The largest absolute Gasteiger partial charge is 0.462 e. The Balaban J connectivity index is 2.51. The van der Waals surface area contributed by atoms with Crippen LogP contribution in [0, 0.1) is 5.92 Å². The minimum absolute atomic E-state index is 0.328. The smallest absolute Gasteiger partial charge is 0.340 e. The minimum Gasteiger partial charge on any atom is -0.462 e. The van der Waals surface area contributed by atoms with E-state index in [1.54, 1.807) is 6.07 Å². The molecule has 0 saturated carbocycles. The van der Waals surface area contributed by atoms with Crippen molar-refractivity contribution >= 4 is 17.9 Å². The van der Waals surface area contributed by atoms with E-state index in [1.807, 2.05) is 44.3 Å². The molecule has 0 radical (unpaired) electrons. The van der Waals surface area contributed by atoms with Gasteiger partial charge in [-0.1, -0.05) is 51.0 Å². The molecule has 0 heterocycles. The van der Waals surface area contributed by atoms with Gasteiger partial charge < -0.3 is 9.84 Å². The summed E-state index contributed by atoms with van der Waals surface area (Å²) in [4.78, 5) is 16.8. The van der Waals surface area contributed by atoms with Crippen molar-refractivity contribution in [3.8, 4) is 0 Å². The number of ether oxygens (including phenoxy) is 1. The van der Waals surface area contributed by atoms with Gasteiger partial charge in [0.05, 0.1) is 23.5 Å². The topological polar surface area (TPSA) is 58.9 Å². The Morgan fingerprint density at radius 3 is 2.74 bits per heavy atom. The summed E-state index contributed by atoms with van der Waals surface area (Å²) in [7, 11) is 0. The first-order chi connectivity index (χ1) is 12.8. The van der Waals surface area contributed by atoms with Crippen LogP contribution in [0.1, 0.15) is 76.6 Å². The number of rotatable bonds is 12. The number of carbonyl (C=O) groups is 1. The summed E-state index contributed by atoms with van der Waals surface area (Å²) in [6.07, 6.45) is 11.4. The lowest BCUT2D eigenvalue weighted by molar-refractivity contribution is 0.0512. The summed E-state index contributed by atoms with van der Waals surface area (Å²) >= 11 is 0. The Bertz CT molecular complexity index is 614. The summed E-state index contributed by atoms with van der Waals surface area (Å²) < 4.78 is 5.34. The summed E-state index contributed by atoms with van der Waals surface area (Å²) in [5.74, 6) is 0.159. The van der Waals surface area contributed by atoms with Crippen LogP contribution in [0.25, 0.3) is 0 Å². The van der Waals surface area contributed by atoms with Crippen LogP contribution in [-0.4, -0.2) is 29.5 Å². The maximum atomic E-state index is 12.3. The molecule has 0 amide bonds. The standard InChI is InChI=1S/C23H35NO3/c1-5-6-7-10-18-27-22(25)20-13-8-9-14-21(20)24-17-15-19(2)12-11-16-23(3,4)26/h6-9,13-14,17,19,26H,5,10-12,15-16,18H2,1-4H3/b7-6-,24-17?. The van der Waals surface area contributed by atoms with Gasteiger partial charge in [0.15, 0.2) is 0 Å². The fourth-order valence-electron chi connectivity index (χ4n) is 2.67. The molecule has 1 N–H and O–H groups in total. The molecule has 0 aliphatic rings. The third-order valence-corrected chi connectivity index (χ3v) is 4.27. The van der Waals surface area contributed by atoms with Gasteiger partial charge in [-0.05, 0) is 57.6 Å². The molecule has 1 atom stereocenters. The lowest BCUT2D eigenvalue weighted by Gasteiger charge is -2.17. The molecule has 1 aromatic rings. The van der Waals surface area contributed by atoms with Crippen LogP contribution in [0.4, 0.5) is 5.69 Å². The molecule has 0 aromatic heterocycles. The molecule has 27 heavy (non-hydrogen) atoms. The van der Waals surface area contributed by atoms with Crippen molar-refractivity contribution in [1.82, 2.24) is 0 Å². The fraction of sp³-hybridized carbons (Fsp3) is 0.565. The van der Waals surface area contributed by atoms with Crippen molar-refractivity contribution in [1.29, 1.82) is 0 Å². The van der Waals surface area contributed by atoms with Crippen molar-refractivity contribution in [2.24, 2.45) is 10.9 Å². The van der Waals surface area contributed by atoms with E-state index < -0.39 is 5.60 Å². The zero-order valence-corrected chi connectivity index (χ0v) is 17.3. The highest BCUT2D eigenvalue weighted by molar-refractivity contribution is 5.95. The van der Waals surface area contributed by atoms with Crippen LogP contribution >= 0.6 is 0 Å². The number of hydrogen-bond donors (Lipinski definition) is 1. The molecule has 1 aromatic carbocycles.